The van der Waals surface area contributed by atoms with Gasteiger partial charge in [-0.25, -0.2) is 0 Å². The van der Waals surface area contributed by atoms with Crippen LogP contribution in [0, 0.1) is 6.92 Å². The highest BCUT2D eigenvalue weighted by molar-refractivity contribution is 7.12. The summed E-state index contributed by atoms with van der Waals surface area (Å²) in [6, 6.07) is 9.37. The van der Waals surface area contributed by atoms with E-state index in [1.165, 1.54) is 22.4 Å². The third kappa shape index (κ3) is 5.72. The Labute approximate surface area is 202 Å². The van der Waals surface area contributed by atoms with Crippen LogP contribution in [0.3, 0.4) is 0 Å². The summed E-state index contributed by atoms with van der Waals surface area (Å²) in [4.78, 5) is 45.5. The molecule has 3 aromatic rings. The quantitative estimate of drug-likeness (QED) is 0.507. The van der Waals surface area contributed by atoms with Crippen LogP contribution in [-0.4, -0.2) is 35.3 Å². The van der Waals surface area contributed by atoms with Crippen molar-refractivity contribution >= 4 is 34.7 Å². The van der Waals surface area contributed by atoms with Gasteiger partial charge in [-0.05, 0) is 55.5 Å². The lowest BCUT2D eigenvalue weighted by atomic mass is 9.95. The van der Waals surface area contributed by atoms with E-state index in [0.717, 1.165) is 32.1 Å². The molecule has 0 radical (unpaired) electrons. The van der Waals surface area contributed by atoms with Gasteiger partial charge < -0.3 is 15.1 Å². The van der Waals surface area contributed by atoms with Crippen LogP contribution in [0.15, 0.2) is 58.6 Å². The Balaban J connectivity index is 1.62. The van der Waals surface area contributed by atoms with Crippen LogP contribution in [0.5, 0.6) is 0 Å². The first-order chi connectivity index (χ1) is 16.5. The summed E-state index contributed by atoms with van der Waals surface area (Å²) in [7, 11) is 0. The van der Waals surface area contributed by atoms with Gasteiger partial charge in [0.05, 0.1) is 23.3 Å². The Morgan fingerprint density at radius 3 is 2.62 bits per heavy atom. The number of carbonyl (C=O) groups excluding carboxylic acids is 3. The molecule has 0 bridgehead atoms. The summed E-state index contributed by atoms with van der Waals surface area (Å²) in [5.41, 5.74) is 0.440. The molecular formula is C25H28N4O4S. The molecule has 34 heavy (non-hydrogen) atoms. The maximum atomic E-state index is 13.6. The zero-order valence-electron chi connectivity index (χ0n) is 19.0. The Hall–Kier alpha value is -3.46. The molecule has 1 saturated carbocycles. The maximum absolute atomic E-state index is 13.6. The molecule has 1 atom stereocenters. The number of hydrogen-bond donors (Lipinski definition) is 2. The average molecular weight is 481 g/mol. The predicted octanol–water partition coefficient (Wildman–Crippen LogP) is 4.00. The van der Waals surface area contributed by atoms with Crippen molar-refractivity contribution in [3.63, 3.8) is 0 Å². The van der Waals surface area contributed by atoms with Crippen molar-refractivity contribution < 1.29 is 18.8 Å². The van der Waals surface area contributed by atoms with Crippen LogP contribution in [-0.2, 0) is 9.59 Å². The van der Waals surface area contributed by atoms with Crippen molar-refractivity contribution in [2.75, 3.05) is 11.4 Å². The molecule has 0 aliphatic heterocycles. The standard InChI is InChI=1S/C25H28N4O4S/c1-17-11-12-20(33-17)23(25(32)28-18-7-3-2-4-8-18)29(19-9-5-13-26-15-19)22(30)16-27-24(31)21-10-6-14-34-21/h5-6,9-15,18,23H,2-4,7-8,16H2,1H3,(H,27,31)(H,28,32). The predicted molar refractivity (Wildman–Crippen MR) is 130 cm³/mol. The second-order valence-corrected chi connectivity index (χ2v) is 9.28. The molecule has 3 heterocycles. The first kappa shape index (κ1) is 23.7. The SMILES string of the molecule is Cc1ccc(C(C(=O)NC2CCCCC2)N(C(=O)CNC(=O)c2cccs2)c2cccnc2)o1. The molecule has 3 amide bonds. The Morgan fingerprint density at radius 2 is 1.97 bits per heavy atom. The average Bonchev–Trinajstić information content (AvgIpc) is 3.54. The third-order valence-electron chi connectivity index (χ3n) is 5.83. The highest BCUT2D eigenvalue weighted by atomic mass is 32.1. The van der Waals surface area contributed by atoms with Gasteiger partial charge in [0.15, 0.2) is 6.04 Å². The van der Waals surface area contributed by atoms with E-state index >= 15 is 0 Å². The summed E-state index contributed by atoms with van der Waals surface area (Å²) in [5, 5.41) is 7.58. The number of anilines is 1. The van der Waals surface area contributed by atoms with Crippen LogP contribution in [0.1, 0.15) is 59.3 Å². The summed E-state index contributed by atoms with van der Waals surface area (Å²) in [6.07, 6.45) is 8.23. The number of carbonyl (C=O) groups is 3. The van der Waals surface area contributed by atoms with E-state index in [1.54, 1.807) is 54.9 Å². The van der Waals surface area contributed by atoms with E-state index in [4.69, 9.17) is 4.42 Å². The largest absolute Gasteiger partial charge is 0.464 e. The van der Waals surface area contributed by atoms with E-state index < -0.39 is 11.9 Å². The van der Waals surface area contributed by atoms with E-state index in [1.807, 2.05) is 0 Å². The number of aromatic nitrogens is 1. The van der Waals surface area contributed by atoms with Crippen LogP contribution in [0.25, 0.3) is 0 Å². The molecule has 1 fully saturated rings. The number of nitrogens with one attached hydrogen (secondary N) is 2. The van der Waals surface area contributed by atoms with Gasteiger partial charge in [0, 0.05) is 12.2 Å². The molecule has 2 N–H and O–H groups in total. The maximum Gasteiger partial charge on any atom is 0.261 e. The lowest BCUT2D eigenvalue weighted by Crippen LogP contribution is -2.49. The first-order valence-corrected chi connectivity index (χ1v) is 12.3. The van der Waals surface area contributed by atoms with Gasteiger partial charge in [0.2, 0.25) is 5.91 Å². The zero-order valence-corrected chi connectivity index (χ0v) is 19.8. The molecule has 178 valence electrons. The number of thiophene rings is 1. The van der Waals surface area contributed by atoms with E-state index in [9.17, 15) is 14.4 Å². The van der Waals surface area contributed by atoms with Crippen molar-refractivity contribution in [3.8, 4) is 0 Å². The molecule has 1 unspecified atom stereocenters. The number of rotatable bonds is 8. The van der Waals surface area contributed by atoms with Crippen molar-refractivity contribution in [3.05, 3.63) is 70.6 Å². The van der Waals surface area contributed by atoms with Crippen molar-refractivity contribution in [1.29, 1.82) is 0 Å². The second kappa shape index (κ2) is 11.1. The molecule has 4 rings (SSSR count). The molecule has 1 aliphatic rings. The normalized spacial score (nSPS) is 14.9. The summed E-state index contributed by atoms with van der Waals surface area (Å²) >= 11 is 1.29. The Bertz CT molecular complexity index is 1110. The second-order valence-electron chi connectivity index (χ2n) is 8.33. The van der Waals surface area contributed by atoms with Crippen LogP contribution in [0.2, 0.25) is 0 Å². The van der Waals surface area contributed by atoms with E-state index in [-0.39, 0.29) is 24.4 Å². The fourth-order valence-corrected chi connectivity index (χ4v) is 4.81. The van der Waals surface area contributed by atoms with Gasteiger partial charge in [-0.3, -0.25) is 24.3 Å². The molecular weight excluding hydrogens is 452 g/mol. The minimum atomic E-state index is -1.04. The number of furan rings is 1. The summed E-state index contributed by atoms with van der Waals surface area (Å²) in [6.45, 7) is 1.51. The molecule has 3 aromatic heterocycles. The van der Waals surface area contributed by atoms with Gasteiger partial charge in [-0.15, -0.1) is 11.3 Å². The summed E-state index contributed by atoms with van der Waals surface area (Å²) < 4.78 is 5.83. The topological polar surface area (TPSA) is 105 Å². The lowest BCUT2D eigenvalue weighted by Gasteiger charge is -2.32. The van der Waals surface area contributed by atoms with Crippen molar-refractivity contribution in [1.82, 2.24) is 15.6 Å². The number of nitrogens with zero attached hydrogens (tertiary/aromatic N) is 2. The zero-order chi connectivity index (χ0) is 23.9. The van der Waals surface area contributed by atoms with Crippen molar-refractivity contribution in [2.24, 2.45) is 0 Å². The Kier molecular flexibility index (Phi) is 7.74. The fourth-order valence-electron chi connectivity index (χ4n) is 4.17. The molecule has 0 aromatic carbocycles. The van der Waals surface area contributed by atoms with Gasteiger partial charge in [0.25, 0.3) is 11.8 Å². The van der Waals surface area contributed by atoms with Crippen LogP contribution >= 0.6 is 11.3 Å². The fraction of sp³-hybridized carbons (Fsp3) is 0.360. The molecule has 9 heteroatoms. The minimum Gasteiger partial charge on any atom is -0.464 e. The molecule has 8 nitrogen and oxygen atoms in total. The molecule has 0 spiro atoms. The molecule has 1 aliphatic carbocycles. The molecule has 0 saturated heterocycles. The van der Waals surface area contributed by atoms with Gasteiger partial charge in [-0.2, -0.15) is 0 Å². The van der Waals surface area contributed by atoms with Crippen LogP contribution < -0.4 is 15.5 Å². The van der Waals surface area contributed by atoms with Gasteiger partial charge >= 0.3 is 0 Å². The number of amides is 3. The first-order valence-electron chi connectivity index (χ1n) is 11.4. The summed E-state index contributed by atoms with van der Waals surface area (Å²) in [5.74, 6) is -0.118. The Morgan fingerprint density at radius 1 is 1.15 bits per heavy atom. The van der Waals surface area contributed by atoms with Crippen molar-refractivity contribution in [2.45, 2.75) is 51.1 Å². The third-order valence-corrected chi connectivity index (χ3v) is 6.70. The van der Waals surface area contributed by atoms with E-state index in [2.05, 4.69) is 15.6 Å². The highest BCUT2D eigenvalue weighted by Gasteiger charge is 2.36. The lowest BCUT2D eigenvalue weighted by molar-refractivity contribution is -0.127. The minimum absolute atomic E-state index is 0.0594. The smallest absolute Gasteiger partial charge is 0.261 e. The monoisotopic (exact) mass is 480 g/mol. The number of hydrogen-bond acceptors (Lipinski definition) is 6. The van der Waals surface area contributed by atoms with Crippen LogP contribution in [0.4, 0.5) is 5.69 Å². The number of aryl methyl sites for hydroxylation is 1. The van der Waals surface area contributed by atoms with E-state index in [0.29, 0.717) is 22.1 Å². The van der Waals surface area contributed by atoms with Gasteiger partial charge in [-0.1, -0.05) is 25.3 Å². The van der Waals surface area contributed by atoms with Gasteiger partial charge in [0.1, 0.15) is 11.5 Å². The number of pyridine rings is 1. The highest BCUT2D eigenvalue weighted by Crippen LogP contribution is 2.30.